The predicted octanol–water partition coefficient (Wildman–Crippen LogP) is 2.59. The minimum atomic E-state index is -0.433. The third kappa shape index (κ3) is 3.58. The molecule has 0 saturated carbocycles. The van der Waals surface area contributed by atoms with Gasteiger partial charge in [-0.25, -0.2) is 0 Å². The minimum Gasteiger partial charge on any atom is -0.496 e. The van der Waals surface area contributed by atoms with Crippen molar-refractivity contribution >= 4 is 11.4 Å². The van der Waals surface area contributed by atoms with Gasteiger partial charge in [-0.05, 0) is 26.0 Å². The highest BCUT2D eigenvalue weighted by Crippen LogP contribution is 2.32. The highest BCUT2D eigenvalue weighted by Gasteiger charge is 2.20. The Balaban J connectivity index is 3.16. The van der Waals surface area contributed by atoms with Crippen LogP contribution in [-0.2, 0) is 0 Å². The molecule has 1 aromatic carbocycles. The van der Waals surface area contributed by atoms with Crippen LogP contribution in [0, 0.1) is 27.4 Å². The average molecular weight is 263 g/mol. The Kier molecular flexibility index (Phi) is 5.12. The molecule has 0 aromatic heterocycles. The van der Waals surface area contributed by atoms with Gasteiger partial charge >= 0.3 is 0 Å². The lowest BCUT2D eigenvalue weighted by atomic mass is 10.1. The van der Waals surface area contributed by atoms with Crippen LogP contribution in [0.1, 0.15) is 13.8 Å². The lowest BCUT2D eigenvalue weighted by molar-refractivity contribution is -0.384. The van der Waals surface area contributed by atoms with Crippen molar-refractivity contribution in [2.75, 3.05) is 25.1 Å². The first kappa shape index (κ1) is 14.8. The van der Waals surface area contributed by atoms with E-state index in [2.05, 4.69) is 6.07 Å². The zero-order valence-electron chi connectivity index (χ0n) is 11.3. The van der Waals surface area contributed by atoms with Crippen LogP contribution in [0.25, 0.3) is 0 Å². The Morgan fingerprint density at radius 2 is 2.26 bits per heavy atom. The number of ether oxygens (including phenoxy) is 1. The van der Waals surface area contributed by atoms with Gasteiger partial charge in [0.15, 0.2) is 0 Å². The maximum absolute atomic E-state index is 11.1. The summed E-state index contributed by atoms with van der Waals surface area (Å²) >= 11 is 0. The Bertz CT molecular complexity index is 496. The van der Waals surface area contributed by atoms with Crippen LogP contribution in [-0.4, -0.2) is 25.1 Å². The van der Waals surface area contributed by atoms with Crippen LogP contribution in [0.5, 0.6) is 5.75 Å². The van der Waals surface area contributed by atoms with Crippen molar-refractivity contribution in [3.63, 3.8) is 0 Å². The highest BCUT2D eigenvalue weighted by atomic mass is 16.6. The zero-order chi connectivity index (χ0) is 14.4. The molecule has 19 heavy (non-hydrogen) atoms. The van der Waals surface area contributed by atoms with E-state index in [0.717, 1.165) is 0 Å². The van der Waals surface area contributed by atoms with E-state index in [4.69, 9.17) is 10.00 Å². The van der Waals surface area contributed by atoms with Gasteiger partial charge in [-0.2, -0.15) is 5.26 Å². The Morgan fingerprint density at radius 3 is 2.74 bits per heavy atom. The number of hydrogen-bond donors (Lipinski definition) is 0. The molecule has 0 N–H and O–H groups in total. The minimum absolute atomic E-state index is 0.00802. The normalized spacial score (nSPS) is 11.5. The van der Waals surface area contributed by atoms with Gasteiger partial charge in [0.2, 0.25) is 0 Å². The molecule has 0 spiro atoms. The van der Waals surface area contributed by atoms with Gasteiger partial charge in [0.1, 0.15) is 11.4 Å². The quantitative estimate of drug-likeness (QED) is 0.582. The fourth-order valence-corrected chi connectivity index (χ4v) is 1.81. The van der Waals surface area contributed by atoms with E-state index in [9.17, 15) is 10.1 Å². The number of methoxy groups -OCH3 is 1. The molecule has 0 saturated heterocycles. The predicted molar refractivity (Wildman–Crippen MR) is 72.3 cm³/mol. The van der Waals surface area contributed by atoms with Gasteiger partial charge in [-0.1, -0.05) is 0 Å². The molecule has 0 aliphatic rings. The number of hydrogen-bond acceptors (Lipinski definition) is 5. The second-order valence-corrected chi connectivity index (χ2v) is 4.18. The lowest BCUT2D eigenvalue weighted by Crippen LogP contribution is -2.28. The molecule has 0 heterocycles. The topological polar surface area (TPSA) is 79.4 Å². The molecule has 1 rings (SSSR count). The molecular formula is C13H17N3O3. The van der Waals surface area contributed by atoms with Crippen molar-refractivity contribution in [2.45, 2.75) is 13.8 Å². The number of benzene rings is 1. The van der Waals surface area contributed by atoms with E-state index in [1.165, 1.54) is 13.2 Å². The van der Waals surface area contributed by atoms with Gasteiger partial charge in [0.25, 0.3) is 5.69 Å². The highest BCUT2D eigenvalue weighted by molar-refractivity contribution is 5.65. The molecule has 0 aliphatic heterocycles. The molecule has 1 unspecified atom stereocenters. The molecule has 0 fully saturated rings. The largest absolute Gasteiger partial charge is 0.496 e. The third-order valence-electron chi connectivity index (χ3n) is 2.82. The molecule has 0 amide bonds. The maximum atomic E-state index is 11.1. The van der Waals surface area contributed by atoms with Crippen molar-refractivity contribution in [1.29, 1.82) is 5.26 Å². The SMILES string of the molecule is CCN(CC(C)C#N)c1ccc(OC)cc1[N+](=O)[O-]. The van der Waals surface area contributed by atoms with E-state index in [0.29, 0.717) is 24.5 Å². The molecule has 0 radical (unpaired) electrons. The Labute approximate surface area is 112 Å². The van der Waals surface area contributed by atoms with Crippen LogP contribution in [0.15, 0.2) is 18.2 Å². The van der Waals surface area contributed by atoms with Crippen LogP contribution in [0.2, 0.25) is 0 Å². The summed E-state index contributed by atoms with van der Waals surface area (Å²) in [6.07, 6.45) is 0. The lowest BCUT2D eigenvalue weighted by Gasteiger charge is -2.24. The maximum Gasteiger partial charge on any atom is 0.296 e. The zero-order valence-corrected chi connectivity index (χ0v) is 11.3. The number of anilines is 1. The van der Waals surface area contributed by atoms with Crippen LogP contribution >= 0.6 is 0 Å². The fourth-order valence-electron chi connectivity index (χ4n) is 1.81. The van der Waals surface area contributed by atoms with Gasteiger partial charge in [-0.3, -0.25) is 10.1 Å². The first-order valence-electron chi connectivity index (χ1n) is 6.00. The van der Waals surface area contributed by atoms with Gasteiger partial charge in [0.05, 0.1) is 30.1 Å². The summed E-state index contributed by atoms with van der Waals surface area (Å²) in [5.74, 6) is 0.251. The summed E-state index contributed by atoms with van der Waals surface area (Å²) in [6.45, 7) is 4.75. The van der Waals surface area contributed by atoms with E-state index < -0.39 is 4.92 Å². The first-order chi connectivity index (χ1) is 9.03. The number of nitriles is 1. The summed E-state index contributed by atoms with van der Waals surface area (Å²) in [4.78, 5) is 12.5. The van der Waals surface area contributed by atoms with Gasteiger partial charge < -0.3 is 9.64 Å². The standard InChI is InChI=1S/C13H17N3O3/c1-4-15(9-10(2)8-14)12-6-5-11(19-3)7-13(12)16(17)18/h5-7,10H,4,9H2,1-3H3. The molecule has 6 nitrogen and oxygen atoms in total. The smallest absolute Gasteiger partial charge is 0.296 e. The van der Waals surface area contributed by atoms with E-state index in [1.54, 1.807) is 19.1 Å². The monoisotopic (exact) mass is 263 g/mol. The van der Waals surface area contributed by atoms with Gasteiger partial charge in [0, 0.05) is 13.1 Å². The molecule has 1 aromatic rings. The number of nitro groups is 1. The summed E-state index contributed by atoms with van der Waals surface area (Å²) in [7, 11) is 1.47. The van der Waals surface area contributed by atoms with E-state index in [-0.39, 0.29) is 11.6 Å². The molecule has 102 valence electrons. The third-order valence-corrected chi connectivity index (χ3v) is 2.82. The second kappa shape index (κ2) is 6.59. The second-order valence-electron chi connectivity index (χ2n) is 4.18. The number of nitro benzene ring substituents is 1. The molecule has 1 atom stereocenters. The van der Waals surface area contributed by atoms with E-state index >= 15 is 0 Å². The fraction of sp³-hybridized carbons (Fsp3) is 0.462. The number of nitrogens with zero attached hydrogens (tertiary/aromatic N) is 3. The molecule has 6 heteroatoms. The van der Waals surface area contributed by atoms with Crippen molar-refractivity contribution in [1.82, 2.24) is 0 Å². The summed E-state index contributed by atoms with van der Waals surface area (Å²) in [6, 6.07) is 6.87. The van der Waals surface area contributed by atoms with Gasteiger partial charge in [-0.15, -0.1) is 0 Å². The molecule has 0 aliphatic carbocycles. The van der Waals surface area contributed by atoms with Crippen molar-refractivity contribution < 1.29 is 9.66 Å². The van der Waals surface area contributed by atoms with Crippen molar-refractivity contribution in [3.05, 3.63) is 28.3 Å². The Morgan fingerprint density at radius 1 is 1.58 bits per heavy atom. The van der Waals surface area contributed by atoms with Crippen LogP contribution < -0.4 is 9.64 Å². The van der Waals surface area contributed by atoms with Crippen molar-refractivity contribution in [3.8, 4) is 11.8 Å². The molecule has 0 bridgehead atoms. The average Bonchev–Trinajstić information content (AvgIpc) is 2.43. The Hall–Kier alpha value is -2.29. The van der Waals surface area contributed by atoms with Crippen LogP contribution in [0.3, 0.4) is 0 Å². The van der Waals surface area contributed by atoms with E-state index in [1.807, 2.05) is 11.8 Å². The molecular weight excluding hydrogens is 246 g/mol. The van der Waals surface area contributed by atoms with Crippen LogP contribution in [0.4, 0.5) is 11.4 Å². The summed E-state index contributed by atoms with van der Waals surface area (Å²) < 4.78 is 5.00. The summed E-state index contributed by atoms with van der Waals surface area (Å²) in [5, 5.41) is 20.0. The summed E-state index contributed by atoms with van der Waals surface area (Å²) in [5.41, 5.74) is 0.502. The van der Waals surface area contributed by atoms with Crippen molar-refractivity contribution in [2.24, 2.45) is 5.92 Å². The number of rotatable bonds is 6. The first-order valence-corrected chi connectivity index (χ1v) is 6.00.